The van der Waals surface area contributed by atoms with Crippen LogP contribution < -0.4 is 0 Å². The molecule has 0 aliphatic rings. The summed E-state index contributed by atoms with van der Waals surface area (Å²) in [7, 11) is 0. The highest BCUT2D eigenvalue weighted by molar-refractivity contribution is 4.69. The quantitative estimate of drug-likeness (QED) is 0.0364. The molecule has 0 aliphatic heterocycles. The molecule has 0 aromatic rings. The zero-order chi connectivity index (χ0) is 51.8. The van der Waals surface area contributed by atoms with Gasteiger partial charge in [-0.05, 0) is 51.4 Å². The molecule has 21 heteroatoms. The highest BCUT2D eigenvalue weighted by Gasteiger charge is 2.25. The molecule has 428 valence electrons. The van der Waals surface area contributed by atoms with Gasteiger partial charge in [-0.2, -0.15) is 0 Å². The number of hydrogen-bond acceptors (Lipinski definition) is 21. The first-order valence-electron chi connectivity index (χ1n) is 26.7. The van der Waals surface area contributed by atoms with E-state index in [4.69, 9.17) is 101 Å². The lowest BCUT2D eigenvalue weighted by Crippen LogP contribution is -2.40. The summed E-state index contributed by atoms with van der Waals surface area (Å²) in [6, 6.07) is 0. The van der Waals surface area contributed by atoms with E-state index >= 15 is 0 Å². The van der Waals surface area contributed by atoms with Gasteiger partial charge in [0.05, 0.1) is 132 Å². The molecule has 2 atom stereocenters. The predicted octanol–water partition coefficient (Wildman–Crippen LogP) is 6.49. The fourth-order valence-corrected chi connectivity index (χ4v) is 5.54. The topological polar surface area (TPSA) is 194 Å². The van der Waals surface area contributed by atoms with Crippen LogP contribution in [0.4, 0.5) is 0 Å². The number of rotatable bonds is 62. The summed E-state index contributed by atoms with van der Waals surface area (Å²) >= 11 is 0. The van der Waals surface area contributed by atoms with E-state index in [0.29, 0.717) is 106 Å². The Bertz CT molecular complexity index is 941. The predicted molar refractivity (Wildman–Crippen MR) is 264 cm³/mol. The summed E-state index contributed by atoms with van der Waals surface area (Å²) in [4.78, 5) is 43.2. The third kappa shape index (κ3) is 49.8. The largest absolute Gasteiger partial charge is 0.379 e. The first-order valence-corrected chi connectivity index (χ1v) is 26.7. The maximum absolute atomic E-state index is 6.73. The van der Waals surface area contributed by atoms with E-state index < -0.39 is 36.6 Å². The monoisotopic (exact) mass is 1040 g/mol. The van der Waals surface area contributed by atoms with Gasteiger partial charge >= 0.3 is 0 Å². The van der Waals surface area contributed by atoms with E-state index in [1.807, 2.05) is 27.7 Å². The van der Waals surface area contributed by atoms with Gasteiger partial charge in [-0.15, -0.1) is 0 Å². The first kappa shape index (κ1) is 70.2. The Balaban J connectivity index is 6.55. The molecular weight excluding hydrogens is 937 g/mol. The van der Waals surface area contributed by atoms with Crippen LogP contribution in [0.3, 0.4) is 0 Å². The van der Waals surface area contributed by atoms with Crippen molar-refractivity contribution >= 4 is 0 Å². The zero-order valence-electron chi connectivity index (χ0n) is 45.5. The lowest BCUT2D eigenvalue weighted by Gasteiger charge is -2.29. The molecular formula is C50H102O21. The minimum Gasteiger partial charge on any atom is -0.379 e. The molecule has 0 rings (SSSR count). The summed E-state index contributed by atoms with van der Waals surface area (Å²) in [5, 5.41) is 0. The van der Waals surface area contributed by atoms with Gasteiger partial charge in [0.2, 0.25) is 0 Å². The van der Waals surface area contributed by atoms with Crippen LogP contribution in [-0.2, 0) is 101 Å². The lowest BCUT2D eigenvalue weighted by atomic mass is 10.3. The molecule has 21 nitrogen and oxygen atoms in total. The Hall–Kier alpha value is -0.840. The second kappa shape index (κ2) is 58.4. The average Bonchev–Trinajstić information content (AvgIpc) is 3.38. The molecule has 0 aromatic heterocycles. The molecule has 0 fully saturated rings. The van der Waals surface area contributed by atoms with E-state index in [0.717, 1.165) is 51.4 Å². The van der Waals surface area contributed by atoms with E-state index in [-0.39, 0.29) is 79.3 Å². The Kier molecular flexibility index (Phi) is 57.7. The molecule has 0 bridgehead atoms. The van der Waals surface area contributed by atoms with Crippen LogP contribution in [0.2, 0.25) is 0 Å². The first-order chi connectivity index (χ1) is 35.0. The molecule has 0 saturated heterocycles. The molecule has 0 saturated carbocycles. The Morgan fingerprint density at radius 3 is 0.718 bits per heavy atom. The lowest BCUT2D eigenvalue weighted by molar-refractivity contribution is -0.343. The Morgan fingerprint density at radius 1 is 0.183 bits per heavy atom. The summed E-state index contributed by atoms with van der Waals surface area (Å²) in [6.07, 6.45) is 3.39. The summed E-state index contributed by atoms with van der Waals surface area (Å²) in [5.74, 6) is 0. The van der Waals surface area contributed by atoms with Crippen LogP contribution in [0, 0.1) is 0 Å². The van der Waals surface area contributed by atoms with Crippen LogP contribution in [0.15, 0.2) is 0 Å². The van der Waals surface area contributed by atoms with E-state index in [9.17, 15) is 0 Å². The van der Waals surface area contributed by atoms with E-state index in [1.165, 1.54) is 0 Å². The van der Waals surface area contributed by atoms with E-state index in [1.54, 1.807) is 0 Å². The van der Waals surface area contributed by atoms with Gasteiger partial charge in [0.1, 0.15) is 63.1 Å². The molecule has 0 N–H and O–H groups in total. The smallest absolute Gasteiger partial charge is 0.111 e. The summed E-state index contributed by atoms with van der Waals surface area (Å²) < 4.78 is 79.2. The highest BCUT2D eigenvalue weighted by Crippen LogP contribution is 2.11. The van der Waals surface area contributed by atoms with Gasteiger partial charge in [-0.3, -0.25) is 0 Å². The van der Waals surface area contributed by atoms with Gasteiger partial charge in [0, 0.05) is 26.4 Å². The zero-order valence-corrected chi connectivity index (χ0v) is 45.5. The summed E-state index contributed by atoms with van der Waals surface area (Å²) in [6.45, 7) is 25.6. The average molecular weight is 1040 g/mol. The minimum atomic E-state index is -0.671. The number of hydrogen-bond donors (Lipinski definition) is 0. The van der Waals surface area contributed by atoms with Gasteiger partial charge in [0.15, 0.2) is 0 Å². The Morgan fingerprint density at radius 2 is 0.408 bits per heavy atom. The maximum atomic E-state index is 6.73. The van der Waals surface area contributed by atoms with Gasteiger partial charge in [-0.25, -0.2) is 39.1 Å². The second-order valence-corrected chi connectivity index (χ2v) is 16.4. The highest BCUT2D eigenvalue weighted by atomic mass is 17.2. The van der Waals surface area contributed by atoms with E-state index in [2.05, 4.69) is 27.7 Å². The minimum absolute atomic E-state index is 0.0482. The van der Waals surface area contributed by atoms with Crippen LogP contribution in [0.1, 0.15) is 107 Å². The van der Waals surface area contributed by atoms with Crippen LogP contribution in [-0.4, -0.2) is 222 Å². The van der Waals surface area contributed by atoms with Crippen molar-refractivity contribution in [2.24, 2.45) is 0 Å². The molecule has 0 spiro atoms. The fourth-order valence-electron chi connectivity index (χ4n) is 5.54. The standard InChI is InChI=1S/C50H102O21/c1-9-17-51-25-29-55-33-45(34-56-30-26-52-18-10-2)60-39-48(70-47(35-57-31-27-53-19-11-3)36-58-32-28-54-20-12-4)37-59-38-49(71-50(43-68-64-23-15-7)44-69-65-24-16-8)40-61-46(41-66-62-21-13-5)42-67-63-22-14-6/h45-50H,9-44H2,1-8H3. The third-order valence-corrected chi connectivity index (χ3v) is 9.01. The molecule has 0 heterocycles. The molecule has 0 amide bonds. The van der Waals surface area contributed by atoms with Crippen molar-refractivity contribution < 1.29 is 101 Å². The van der Waals surface area contributed by atoms with Crippen molar-refractivity contribution in [3.8, 4) is 0 Å². The third-order valence-electron chi connectivity index (χ3n) is 9.01. The van der Waals surface area contributed by atoms with Crippen molar-refractivity contribution in [1.29, 1.82) is 0 Å². The van der Waals surface area contributed by atoms with Crippen LogP contribution in [0.5, 0.6) is 0 Å². The maximum Gasteiger partial charge on any atom is 0.111 e. The van der Waals surface area contributed by atoms with Crippen LogP contribution in [0.25, 0.3) is 0 Å². The van der Waals surface area contributed by atoms with Crippen LogP contribution >= 0.6 is 0 Å². The fraction of sp³-hybridized carbons (Fsp3) is 1.00. The van der Waals surface area contributed by atoms with Crippen molar-refractivity contribution in [2.45, 2.75) is 143 Å². The molecule has 0 aliphatic carbocycles. The molecule has 2 unspecified atom stereocenters. The molecule has 0 aromatic carbocycles. The number of ether oxygens (including phenoxy) is 13. The SMILES string of the molecule is CCCOCCOCC(COCCOCCC)OCC(COCC(COC(COOCCC)COOCCC)OC(COOCCC)COOCCC)OC(COCCOCCC)COCCOCCC. The van der Waals surface area contributed by atoms with Gasteiger partial charge < -0.3 is 61.6 Å². The van der Waals surface area contributed by atoms with Gasteiger partial charge in [0.25, 0.3) is 0 Å². The molecule has 0 radical (unpaired) electrons. The normalized spacial score (nSPS) is 13.0. The Labute approximate surface area is 428 Å². The van der Waals surface area contributed by atoms with Crippen molar-refractivity contribution in [3.05, 3.63) is 0 Å². The van der Waals surface area contributed by atoms with Crippen molar-refractivity contribution in [3.63, 3.8) is 0 Å². The summed E-state index contributed by atoms with van der Waals surface area (Å²) in [5.41, 5.74) is 0. The van der Waals surface area contributed by atoms with Crippen molar-refractivity contribution in [1.82, 2.24) is 0 Å². The van der Waals surface area contributed by atoms with Gasteiger partial charge in [-0.1, -0.05) is 55.4 Å². The molecule has 71 heavy (non-hydrogen) atoms. The van der Waals surface area contributed by atoms with Crippen molar-refractivity contribution in [2.75, 3.05) is 185 Å². The second-order valence-electron chi connectivity index (χ2n) is 16.4.